The van der Waals surface area contributed by atoms with E-state index in [0.717, 1.165) is 23.0 Å². The molecular formula is C24H30N4O4. The number of anilines is 1. The number of carbonyl (C=O) groups is 2. The lowest BCUT2D eigenvalue weighted by Crippen LogP contribution is -2.44. The molecule has 2 aromatic carbocycles. The van der Waals surface area contributed by atoms with E-state index in [0.29, 0.717) is 37.1 Å². The molecule has 2 amide bonds. The van der Waals surface area contributed by atoms with Crippen LogP contribution in [0.4, 0.5) is 5.95 Å². The number of rotatable bonds is 11. The molecule has 1 aromatic heterocycles. The maximum absolute atomic E-state index is 12.8. The highest BCUT2D eigenvalue weighted by Gasteiger charge is 2.21. The molecule has 8 nitrogen and oxygen atoms in total. The summed E-state index contributed by atoms with van der Waals surface area (Å²) in [4.78, 5) is 32.9. The molecule has 0 aliphatic carbocycles. The number of fused-ring (bicyclic) bond motifs is 1. The third-order valence-electron chi connectivity index (χ3n) is 4.83. The van der Waals surface area contributed by atoms with E-state index in [4.69, 9.17) is 9.47 Å². The first kappa shape index (κ1) is 23.1. The van der Waals surface area contributed by atoms with Gasteiger partial charge < -0.3 is 19.8 Å². The minimum atomic E-state index is -0.658. The van der Waals surface area contributed by atoms with Gasteiger partial charge in [-0.2, -0.15) is 0 Å². The Balaban J connectivity index is 1.65. The van der Waals surface area contributed by atoms with Crippen LogP contribution in [0, 0.1) is 0 Å². The highest BCUT2D eigenvalue weighted by atomic mass is 16.5. The Labute approximate surface area is 187 Å². The van der Waals surface area contributed by atoms with Crippen molar-refractivity contribution in [1.82, 2.24) is 15.3 Å². The van der Waals surface area contributed by atoms with E-state index in [-0.39, 0.29) is 18.2 Å². The van der Waals surface area contributed by atoms with Crippen molar-refractivity contribution in [3.05, 3.63) is 48.0 Å². The number of benzene rings is 2. The third-order valence-corrected chi connectivity index (χ3v) is 4.83. The summed E-state index contributed by atoms with van der Waals surface area (Å²) in [7, 11) is 0. The van der Waals surface area contributed by atoms with Crippen LogP contribution in [0.15, 0.2) is 42.5 Å². The second-order valence-electron chi connectivity index (χ2n) is 7.32. The number of H-pyrrole nitrogens is 1. The van der Waals surface area contributed by atoms with Gasteiger partial charge in [-0.25, -0.2) is 4.98 Å². The Morgan fingerprint density at radius 3 is 2.50 bits per heavy atom. The zero-order valence-electron chi connectivity index (χ0n) is 18.7. The van der Waals surface area contributed by atoms with Gasteiger partial charge in [0.05, 0.1) is 30.7 Å². The van der Waals surface area contributed by atoms with Gasteiger partial charge in [0.1, 0.15) is 6.04 Å². The van der Waals surface area contributed by atoms with Gasteiger partial charge in [0.25, 0.3) is 0 Å². The number of carbonyl (C=O) groups excluding carboxylic acids is 2. The zero-order valence-corrected chi connectivity index (χ0v) is 18.7. The summed E-state index contributed by atoms with van der Waals surface area (Å²) in [5.74, 6) is 1.06. The van der Waals surface area contributed by atoms with E-state index < -0.39 is 6.04 Å². The number of hydrogen-bond donors (Lipinski definition) is 3. The topological polar surface area (TPSA) is 105 Å². The van der Waals surface area contributed by atoms with Gasteiger partial charge >= 0.3 is 0 Å². The van der Waals surface area contributed by atoms with Crippen LogP contribution >= 0.6 is 0 Å². The van der Waals surface area contributed by atoms with E-state index in [1.807, 2.05) is 51.1 Å². The summed E-state index contributed by atoms with van der Waals surface area (Å²) in [6.45, 7) is 6.79. The summed E-state index contributed by atoms with van der Waals surface area (Å²) in [5.41, 5.74) is 2.38. The number of aromatic amines is 1. The quantitative estimate of drug-likeness (QED) is 0.422. The molecule has 170 valence electrons. The van der Waals surface area contributed by atoms with Crippen molar-refractivity contribution < 1.29 is 19.1 Å². The summed E-state index contributed by atoms with van der Waals surface area (Å²) < 4.78 is 11.2. The van der Waals surface area contributed by atoms with Gasteiger partial charge in [0.15, 0.2) is 11.5 Å². The zero-order chi connectivity index (χ0) is 22.9. The molecule has 8 heteroatoms. The van der Waals surface area contributed by atoms with Crippen molar-refractivity contribution in [2.45, 2.75) is 46.1 Å². The van der Waals surface area contributed by atoms with E-state index >= 15 is 0 Å². The Kier molecular flexibility index (Phi) is 8.08. The minimum Gasteiger partial charge on any atom is -0.490 e. The van der Waals surface area contributed by atoms with Crippen molar-refractivity contribution in [3.63, 3.8) is 0 Å². The molecule has 0 saturated heterocycles. The summed E-state index contributed by atoms with van der Waals surface area (Å²) >= 11 is 0. The molecule has 0 saturated carbocycles. The van der Waals surface area contributed by atoms with Crippen molar-refractivity contribution in [2.24, 2.45) is 0 Å². The minimum absolute atomic E-state index is 0.130. The number of imidazole rings is 1. The second kappa shape index (κ2) is 11.2. The number of hydrogen-bond acceptors (Lipinski definition) is 5. The SMILES string of the molecule is CCC[C@H](NC(=O)Cc1ccc(OCC)c(OCC)c1)C(=O)Nc1nc2ccccc2[nH]1. The maximum atomic E-state index is 12.8. The molecule has 0 unspecified atom stereocenters. The molecule has 0 aliphatic rings. The highest BCUT2D eigenvalue weighted by Crippen LogP contribution is 2.28. The number of aromatic nitrogens is 2. The van der Waals surface area contributed by atoms with E-state index in [1.165, 1.54) is 0 Å². The van der Waals surface area contributed by atoms with Crippen LogP contribution < -0.4 is 20.1 Å². The largest absolute Gasteiger partial charge is 0.490 e. The molecule has 32 heavy (non-hydrogen) atoms. The normalized spacial score (nSPS) is 11.7. The van der Waals surface area contributed by atoms with Crippen molar-refractivity contribution >= 4 is 28.8 Å². The smallest absolute Gasteiger partial charge is 0.249 e. The Bertz CT molecular complexity index is 1030. The summed E-state index contributed by atoms with van der Waals surface area (Å²) in [6, 6.07) is 12.3. The van der Waals surface area contributed by atoms with Crippen LogP contribution in [0.5, 0.6) is 11.5 Å². The molecule has 0 spiro atoms. The van der Waals surface area contributed by atoms with Gasteiger partial charge in [0, 0.05) is 0 Å². The number of nitrogens with zero attached hydrogens (tertiary/aromatic N) is 1. The average molecular weight is 439 g/mol. The molecule has 0 bridgehead atoms. The van der Waals surface area contributed by atoms with Gasteiger partial charge in [-0.1, -0.05) is 31.5 Å². The number of ether oxygens (including phenoxy) is 2. The van der Waals surface area contributed by atoms with Crippen LogP contribution in [-0.2, 0) is 16.0 Å². The molecule has 1 atom stereocenters. The second-order valence-corrected chi connectivity index (χ2v) is 7.32. The van der Waals surface area contributed by atoms with Gasteiger partial charge in [-0.3, -0.25) is 14.9 Å². The molecule has 3 aromatic rings. The van der Waals surface area contributed by atoms with Crippen LogP contribution in [0.25, 0.3) is 11.0 Å². The fraction of sp³-hybridized carbons (Fsp3) is 0.375. The molecular weight excluding hydrogens is 408 g/mol. The van der Waals surface area contributed by atoms with Crippen LogP contribution in [0.3, 0.4) is 0 Å². The van der Waals surface area contributed by atoms with Gasteiger partial charge in [-0.05, 0) is 50.1 Å². The molecule has 3 rings (SSSR count). The third kappa shape index (κ3) is 6.00. The Morgan fingerprint density at radius 2 is 1.78 bits per heavy atom. The summed E-state index contributed by atoms with van der Waals surface area (Å²) in [5, 5.41) is 5.62. The first-order valence-electron chi connectivity index (χ1n) is 11.0. The monoisotopic (exact) mass is 438 g/mol. The van der Waals surface area contributed by atoms with Crippen molar-refractivity contribution in [2.75, 3.05) is 18.5 Å². The van der Waals surface area contributed by atoms with Crippen molar-refractivity contribution in [1.29, 1.82) is 0 Å². The fourth-order valence-electron chi connectivity index (χ4n) is 3.41. The lowest BCUT2D eigenvalue weighted by atomic mass is 10.1. The van der Waals surface area contributed by atoms with Crippen LogP contribution in [0.1, 0.15) is 39.2 Å². The van der Waals surface area contributed by atoms with E-state index in [9.17, 15) is 9.59 Å². The van der Waals surface area contributed by atoms with Gasteiger partial charge in [-0.15, -0.1) is 0 Å². The fourth-order valence-corrected chi connectivity index (χ4v) is 3.41. The lowest BCUT2D eigenvalue weighted by molar-refractivity contribution is -0.126. The Hall–Kier alpha value is -3.55. The predicted molar refractivity (Wildman–Crippen MR) is 124 cm³/mol. The molecule has 0 aliphatic heterocycles. The highest BCUT2D eigenvalue weighted by molar-refractivity contribution is 5.97. The standard InChI is InChI=1S/C24H30N4O4/c1-4-9-19(23(30)28-24-26-17-10-7-8-11-18(17)27-24)25-22(29)15-16-12-13-20(31-5-2)21(14-16)32-6-3/h7-8,10-14,19H,4-6,9,15H2,1-3H3,(H,25,29)(H2,26,27,28,30)/t19-/m0/s1. The number of amides is 2. The Morgan fingerprint density at radius 1 is 1.03 bits per heavy atom. The maximum Gasteiger partial charge on any atom is 0.249 e. The average Bonchev–Trinajstić information content (AvgIpc) is 3.18. The first-order valence-corrected chi connectivity index (χ1v) is 11.0. The molecule has 3 N–H and O–H groups in total. The summed E-state index contributed by atoms with van der Waals surface area (Å²) in [6.07, 6.45) is 1.39. The predicted octanol–water partition coefficient (Wildman–Crippen LogP) is 3.83. The molecule has 1 heterocycles. The van der Waals surface area contributed by atoms with Crippen LogP contribution in [0.2, 0.25) is 0 Å². The number of nitrogens with one attached hydrogen (secondary N) is 3. The van der Waals surface area contributed by atoms with Crippen LogP contribution in [-0.4, -0.2) is 41.0 Å². The van der Waals surface area contributed by atoms with Crippen molar-refractivity contribution in [3.8, 4) is 11.5 Å². The lowest BCUT2D eigenvalue weighted by Gasteiger charge is -2.17. The molecule has 0 radical (unpaired) electrons. The van der Waals surface area contributed by atoms with E-state index in [1.54, 1.807) is 12.1 Å². The van der Waals surface area contributed by atoms with Gasteiger partial charge in [0.2, 0.25) is 17.8 Å². The number of para-hydroxylation sites is 2. The molecule has 0 fully saturated rings. The first-order chi connectivity index (χ1) is 15.5. The van der Waals surface area contributed by atoms with E-state index in [2.05, 4.69) is 20.6 Å².